The normalized spacial score (nSPS) is 17.8. The molecule has 0 aromatic carbocycles. The van der Waals surface area contributed by atoms with E-state index in [2.05, 4.69) is 25.8 Å². The van der Waals surface area contributed by atoms with Crippen LogP contribution in [0, 0.1) is 5.92 Å². The monoisotopic (exact) mass is 268 g/mol. The van der Waals surface area contributed by atoms with Crippen molar-refractivity contribution < 1.29 is 4.79 Å². The predicted molar refractivity (Wildman–Crippen MR) is 62.9 cm³/mol. The first-order valence-corrected chi connectivity index (χ1v) is 5.90. The van der Waals surface area contributed by atoms with Crippen LogP contribution in [-0.4, -0.2) is 24.4 Å². The number of rotatable bonds is 2. The lowest BCUT2D eigenvalue weighted by Crippen LogP contribution is -2.34. The molecule has 0 amide bonds. The Morgan fingerprint density at radius 1 is 1.47 bits per heavy atom. The summed E-state index contributed by atoms with van der Waals surface area (Å²) < 4.78 is 0.859. The molecular weight excluding hydrogens is 256 g/mol. The van der Waals surface area contributed by atoms with Gasteiger partial charge in [-0.05, 0) is 40.9 Å². The molecule has 1 saturated heterocycles. The maximum atomic E-state index is 10.6. The van der Waals surface area contributed by atoms with Crippen molar-refractivity contribution in [1.29, 1.82) is 0 Å². The lowest BCUT2D eigenvalue weighted by molar-refractivity contribution is -0.111. The Labute approximate surface area is 97.6 Å². The molecule has 0 spiro atoms. The van der Waals surface area contributed by atoms with Gasteiger partial charge in [-0.2, -0.15) is 0 Å². The fraction of sp³-hybridized carbons (Fsp3) is 0.455. The Balaban J connectivity index is 2.04. The number of piperidine rings is 1. The second-order valence-electron chi connectivity index (χ2n) is 3.80. The summed E-state index contributed by atoms with van der Waals surface area (Å²) in [5.41, 5.74) is 1.18. The van der Waals surface area contributed by atoms with Crippen LogP contribution in [0.3, 0.4) is 0 Å². The molecule has 0 atom stereocenters. The Kier molecular flexibility index (Phi) is 3.36. The Morgan fingerprint density at radius 3 is 2.80 bits per heavy atom. The molecule has 1 aromatic rings. The molecule has 0 N–H and O–H groups in total. The SMILES string of the molecule is O=CC1CCN(c2ccnc(Br)c2)CC1. The Morgan fingerprint density at radius 2 is 2.20 bits per heavy atom. The van der Waals surface area contributed by atoms with E-state index in [1.807, 2.05) is 12.1 Å². The summed E-state index contributed by atoms with van der Waals surface area (Å²) in [5.74, 6) is 0.256. The third kappa shape index (κ3) is 2.56. The third-order valence-electron chi connectivity index (χ3n) is 2.81. The first kappa shape index (κ1) is 10.6. The lowest BCUT2D eigenvalue weighted by atomic mass is 9.98. The number of carbonyl (C=O) groups excluding carboxylic acids is 1. The number of hydrogen-bond donors (Lipinski definition) is 0. The van der Waals surface area contributed by atoms with Gasteiger partial charge in [0.1, 0.15) is 10.9 Å². The van der Waals surface area contributed by atoms with E-state index in [1.54, 1.807) is 6.20 Å². The minimum Gasteiger partial charge on any atom is -0.371 e. The molecule has 0 aliphatic carbocycles. The van der Waals surface area contributed by atoms with Crippen LogP contribution in [0.15, 0.2) is 22.9 Å². The van der Waals surface area contributed by atoms with Crippen molar-refractivity contribution in [3.8, 4) is 0 Å². The van der Waals surface area contributed by atoms with Crippen LogP contribution in [0.1, 0.15) is 12.8 Å². The first-order valence-electron chi connectivity index (χ1n) is 5.11. The topological polar surface area (TPSA) is 33.2 Å². The van der Waals surface area contributed by atoms with Gasteiger partial charge in [-0.15, -0.1) is 0 Å². The van der Waals surface area contributed by atoms with E-state index in [0.717, 1.165) is 36.8 Å². The number of carbonyl (C=O) groups is 1. The average Bonchev–Trinajstić information content (AvgIpc) is 2.29. The number of aromatic nitrogens is 1. The summed E-state index contributed by atoms with van der Waals surface area (Å²) in [4.78, 5) is 17.0. The molecule has 2 rings (SSSR count). The second-order valence-corrected chi connectivity index (χ2v) is 4.61. The summed E-state index contributed by atoms with van der Waals surface area (Å²) in [7, 11) is 0. The standard InChI is InChI=1S/C11H13BrN2O/c12-11-7-10(1-4-13-11)14-5-2-9(8-15)3-6-14/h1,4,7-9H,2-3,5-6H2. The van der Waals surface area contributed by atoms with E-state index >= 15 is 0 Å². The average molecular weight is 269 g/mol. The molecule has 1 aromatic heterocycles. The third-order valence-corrected chi connectivity index (χ3v) is 3.24. The van der Waals surface area contributed by atoms with Crippen molar-refractivity contribution >= 4 is 27.9 Å². The number of pyridine rings is 1. The van der Waals surface area contributed by atoms with Gasteiger partial charge in [0.15, 0.2) is 0 Å². The summed E-state index contributed by atoms with van der Waals surface area (Å²) in [6.07, 6.45) is 4.80. The summed E-state index contributed by atoms with van der Waals surface area (Å²) in [5, 5.41) is 0. The van der Waals surface area contributed by atoms with Gasteiger partial charge in [0.05, 0.1) is 0 Å². The molecule has 0 unspecified atom stereocenters. The van der Waals surface area contributed by atoms with Gasteiger partial charge in [-0.3, -0.25) is 0 Å². The van der Waals surface area contributed by atoms with Crippen molar-refractivity contribution in [2.75, 3.05) is 18.0 Å². The van der Waals surface area contributed by atoms with E-state index in [0.29, 0.717) is 0 Å². The maximum absolute atomic E-state index is 10.6. The van der Waals surface area contributed by atoms with Crippen LogP contribution in [0.4, 0.5) is 5.69 Å². The zero-order chi connectivity index (χ0) is 10.7. The highest BCUT2D eigenvalue weighted by Gasteiger charge is 2.18. The van der Waals surface area contributed by atoms with Crippen molar-refractivity contribution in [2.24, 2.45) is 5.92 Å². The van der Waals surface area contributed by atoms with Crippen LogP contribution in [-0.2, 0) is 4.79 Å². The van der Waals surface area contributed by atoms with Gasteiger partial charge in [-0.25, -0.2) is 4.98 Å². The summed E-state index contributed by atoms with van der Waals surface area (Å²) >= 11 is 3.36. The minimum absolute atomic E-state index is 0.256. The number of nitrogens with zero attached hydrogens (tertiary/aromatic N) is 2. The molecule has 1 aliphatic heterocycles. The molecule has 0 radical (unpaired) electrons. The van der Waals surface area contributed by atoms with E-state index in [4.69, 9.17) is 0 Å². The molecule has 1 fully saturated rings. The van der Waals surface area contributed by atoms with Crippen LogP contribution in [0.2, 0.25) is 0 Å². The fourth-order valence-electron chi connectivity index (χ4n) is 1.88. The highest BCUT2D eigenvalue weighted by Crippen LogP contribution is 2.23. The molecule has 80 valence electrons. The highest BCUT2D eigenvalue weighted by atomic mass is 79.9. The molecule has 4 heteroatoms. The van der Waals surface area contributed by atoms with Crippen LogP contribution >= 0.6 is 15.9 Å². The molecule has 15 heavy (non-hydrogen) atoms. The van der Waals surface area contributed by atoms with Crippen LogP contribution in [0.5, 0.6) is 0 Å². The smallest absolute Gasteiger partial charge is 0.123 e. The van der Waals surface area contributed by atoms with E-state index in [9.17, 15) is 4.79 Å². The van der Waals surface area contributed by atoms with Crippen molar-refractivity contribution in [2.45, 2.75) is 12.8 Å². The lowest BCUT2D eigenvalue weighted by Gasteiger charge is -2.31. The van der Waals surface area contributed by atoms with Gasteiger partial charge < -0.3 is 9.69 Å². The van der Waals surface area contributed by atoms with Crippen molar-refractivity contribution in [3.05, 3.63) is 22.9 Å². The van der Waals surface area contributed by atoms with Gasteiger partial charge in [0.25, 0.3) is 0 Å². The van der Waals surface area contributed by atoms with Gasteiger partial charge >= 0.3 is 0 Å². The largest absolute Gasteiger partial charge is 0.371 e. The highest BCUT2D eigenvalue weighted by molar-refractivity contribution is 9.10. The number of anilines is 1. The first-order chi connectivity index (χ1) is 7.29. The molecular formula is C11H13BrN2O. The summed E-state index contributed by atoms with van der Waals surface area (Å²) in [6, 6.07) is 4.02. The van der Waals surface area contributed by atoms with E-state index in [-0.39, 0.29) is 5.92 Å². The van der Waals surface area contributed by atoms with Gasteiger partial charge in [0.2, 0.25) is 0 Å². The molecule has 3 nitrogen and oxygen atoms in total. The fourth-order valence-corrected chi connectivity index (χ4v) is 2.24. The molecule has 0 saturated carbocycles. The van der Waals surface area contributed by atoms with Crippen LogP contribution in [0.25, 0.3) is 0 Å². The number of halogens is 1. The summed E-state index contributed by atoms with van der Waals surface area (Å²) in [6.45, 7) is 1.92. The maximum Gasteiger partial charge on any atom is 0.123 e. The zero-order valence-electron chi connectivity index (χ0n) is 8.40. The quantitative estimate of drug-likeness (QED) is 0.610. The second kappa shape index (κ2) is 4.75. The van der Waals surface area contributed by atoms with Crippen LogP contribution < -0.4 is 4.90 Å². The molecule has 1 aliphatic rings. The molecule has 2 heterocycles. The predicted octanol–water partition coefficient (Wildman–Crippen LogP) is 2.26. The number of hydrogen-bond acceptors (Lipinski definition) is 3. The van der Waals surface area contributed by atoms with Crippen molar-refractivity contribution in [1.82, 2.24) is 4.98 Å². The Hall–Kier alpha value is -0.900. The number of aldehydes is 1. The van der Waals surface area contributed by atoms with E-state index < -0.39 is 0 Å². The zero-order valence-corrected chi connectivity index (χ0v) is 9.98. The van der Waals surface area contributed by atoms with Gasteiger partial charge in [0, 0.05) is 30.9 Å². The van der Waals surface area contributed by atoms with Crippen molar-refractivity contribution in [3.63, 3.8) is 0 Å². The van der Waals surface area contributed by atoms with E-state index in [1.165, 1.54) is 5.69 Å². The Bertz CT molecular complexity index is 348. The van der Waals surface area contributed by atoms with Gasteiger partial charge in [-0.1, -0.05) is 0 Å². The minimum atomic E-state index is 0.256. The molecule has 0 bridgehead atoms.